The van der Waals surface area contributed by atoms with Crippen LogP contribution in [0.4, 0.5) is 0 Å². The molecule has 0 aromatic heterocycles. The quantitative estimate of drug-likeness (QED) is 0.683. The first-order valence-electron chi connectivity index (χ1n) is 8.17. The van der Waals surface area contributed by atoms with Gasteiger partial charge in [-0.1, -0.05) is 19.1 Å². The summed E-state index contributed by atoms with van der Waals surface area (Å²) in [5.41, 5.74) is 0.878. The fraction of sp³-hybridized carbons (Fsp3) is 0.588. The monoisotopic (exact) mass is 339 g/mol. The molecular weight excluding hydrogens is 314 g/mol. The van der Waals surface area contributed by atoms with Crippen LogP contribution in [0.15, 0.2) is 24.3 Å². The van der Waals surface area contributed by atoms with E-state index in [0.717, 1.165) is 24.8 Å². The minimum atomic E-state index is -3.54. The van der Waals surface area contributed by atoms with Crippen LogP contribution in [0.5, 0.6) is 5.75 Å². The summed E-state index contributed by atoms with van der Waals surface area (Å²) in [5.74, 6) is 0.596. The Morgan fingerprint density at radius 3 is 2.61 bits per heavy atom. The molecule has 0 N–H and O–H groups in total. The van der Waals surface area contributed by atoms with Gasteiger partial charge < -0.3 is 9.08 Å². The highest BCUT2D eigenvalue weighted by Crippen LogP contribution is 2.32. The highest BCUT2D eigenvalue weighted by atomic mass is 32.2. The Hall–Kier alpha value is -1.56. The van der Waals surface area contributed by atoms with Crippen molar-refractivity contribution in [3.8, 4) is 5.75 Å². The molecule has 0 spiro atoms. The Morgan fingerprint density at radius 1 is 1.35 bits per heavy atom. The van der Waals surface area contributed by atoms with Gasteiger partial charge in [0.15, 0.2) is 0 Å². The van der Waals surface area contributed by atoms with Crippen molar-refractivity contribution in [1.82, 2.24) is 4.90 Å². The maximum atomic E-state index is 12.5. The molecule has 1 aromatic rings. The van der Waals surface area contributed by atoms with Crippen LogP contribution < -0.4 is 4.18 Å². The molecule has 2 rings (SSSR count). The topological polar surface area (TPSA) is 63.7 Å². The zero-order valence-electron chi connectivity index (χ0n) is 14.0. The minimum absolute atomic E-state index is 0.0730. The van der Waals surface area contributed by atoms with Crippen LogP contribution in [-0.2, 0) is 21.5 Å². The molecule has 1 aliphatic rings. The third-order valence-electron chi connectivity index (χ3n) is 4.16. The number of hydrogen-bond donors (Lipinski definition) is 0. The van der Waals surface area contributed by atoms with Crippen molar-refractivity contribution < 1.29 is 17.4 Å². The van der Waals surface area contributed by atoms with Crippen molar-refractivity contribution in [2.24, 2.45) is 5.92 Å². The van der Waals surface area contributed by atoms with Gasteiger partial charge in [0.1, 0.15) is 5.75 Å². The summed E-state index contributed by atoms with van der Waals surface area (Å²) in [6.45, 7) is 6.12. The van der Waals surface area contributed by atoms with Crippen LogP contribution in [0, 0.1) is 5.92 Å². The van der Waals surface area contributed by atoms with Crippen LogP contribution in [0.25, 0.3) is 0 Å². The lowest BCUT2D eigenvalue weighted by Gasteiger charge is -2.29. The van der Waals surface area contributed by atoms with Gasteiger partial charge in [0, 0.05) is 18.5 Å². The largest absolute Gasteiger partial charge is 0.382 e. The van der Waals surface area contributed by atoms with Crippen LogP contribution in [0.1, 0.15) is 45.6 Å². The van der Waals surface area contributed by atoms with E-state index in [4.69, 9.17) is 4.18 Å². The summed E-state index contributed by atoms with van der Waals surface area (Å²) in [6, 6.07) is 7.12. The summed E-state index contributed by atoms with van der Waals surface area (Å²) >= 11 is 0. The second-order valence-corrected chi connectivity index (χ2v) is 7.93. The molecule has 23 heavy (non-hydrogen) atoms. The second kappa shape index (κ2) is 7.34. The molecule has 1 saturated carbocycles. The Balaban J connectivity index is 2.14. The Morgan fingerprint density at radius 2 is 2.04 bits per heavy atom. The zero-order chi connectivity index (χ0) is 17.0. The van der Waals surface area contributed by atoms with Crippen molar-refractivity contribution in [3.05, 3.63) is 29.8 Å². The molecule has 1 fully saturated rings. The summed E-state index contributed by atoms with van der Waals surface area (Å²) < 4.78 is 28.2. The molecule has 0 saturated heterocycles. The third-order valence-corrected chi connectivity index (χ3v) is 5.31. The van der Waals surface area contributed by atoms with Crippen LogP contribution >= 0.6 is 0 Å². The van der Waals surface area contributed by atoms with Gasteiger partial charge in [-0.25, -0.2) is 0 Å². The van der Waals surface area contributed by atoms with Crippen molar-refractivity contribution in [3.63, 3.8) is 0 Å². The average molecular weight is 339 g/mol. The predicted molar refractivity (Wildman–Crippen MR) is 89.6 cm³/mol. The van der Waals surface area contributed by atoms with E-state index < -0.39 is 10.1 Å². The van der Waals surface area contributed by atoms with E-state index in [9.17, 15) is 13.2 Å². The Kier molecular flexibility index (Phi) is 5.68. The normalized spacial score (nSPS) is 16.0. The standard InChI is InChI=1S/C17H25NO4S/c1-4-13(3)18(17(19)15-9-10-15)12-14-7-6-8-16(11-14)22-23(20,21)5-2/h6-8,11,13,15H,4-5,9-10,12H2,1-3H3/t13-/m1/s1. The van der Waals surface area contributed by atoms with Gasteiger partial charge in [0.05, 0.1) is 5.75 Å². The summed E-state index contributed by atoms with van der Waals surface area (Å²) in [4.78, 5) is 14.4. The van der Waals surface area contributed by atoms with Crippen molar-refractivity contribution in [2.75, 3.05) is 5.75 Å². The number of carbonyl (C=O) groups excluding carboxylic acids is 1. The first-order chi connectivity index (χ1) is 10.9. The molecule has 0 radical (unpaired) electrons. The molecule has 0 aliphatic heterocycles. The maximum absolute atomic E-state index is 12.5. The molecule has 6 heteroatoms. The molecule has 0 bridgehead atoms. The number of benzene rings is 1. The van der Waals surface area contributed by atoms with Crippen LogP contribution in [0.2, 0.25) is 0 Å². The number of carbonyl (C=O) groups is 1. The number of nitrogens with zero attached hydrogens (tertiary/aromatic N) is 1. The molecule has 1 atom stereocenters. The molecule has 128 valence electrons. The molecular formula is C17H25NO4S. The van der Waals surface area contributed by atoms with Gasteiger partial charge >= 0.3 is 10.1 Å². The predicted octanol–water partition coefficient (Wildman–Crippen LogP) is 2.95. The lowest BCUT2D eigenvalue weighted by molar-refractivity contribution is -0.135. The fourth-order valence-corrected chi connectivity index (χ4v) is 2.85. The van der Waals surface area contributed by atoms with Crippen molar-refractivity contribution in [1.29, 1.82) is 0 Å². The molecule has 1 aromatic carbocycles. The SMILES string of the molecule is CC[C@@H](C)N(Cc1cccc(OS(=O)(=O)CC)c1)C(=O)C1CC1. The van der Waals surface area contributed by atoms with E-state index in [0.29, 0.717) is 12.3 Å². The average Bonchev–Trinajstić information content (AvgIpc) is 3.36. The highest BCUT2D eigenvalue weighted by molar-refractivity contribution is 7.87. The fourth-order valence-electron chi connectivity index (χ4n) is 2.33. The van der Waals surface area contributed by atoms with Crippen molar-refractivity contribution in [2.45, 2.75) is 52.6 Å². The Bertz CT molecular complexity index is 652. The van der Waals surface area contributed by atoms with E-state index in [-0.39, 0.29) is 23.6 Å². The number of rotatable bonds is 8. The van der Waals surface area contributed by atoms with Gasteiger partial charge in [-0.05, 0) is 50.8 Å². The van der Waals surface area contributed by atoms with E-state index in [1.54, 1.807) is 18.2 Å². The van der Waals surface area contributed by atoms with Gasteiger partial charge in [0.2, 0.25) is 5.91 Å². The second-order valence-electron chi connectivity index (χ2n) is 6.07. The third kappa shape index (κ3) is 4.96. The first-order valence-corrected chi connectivity index (χ1v) is 9.75. The van der Waals surface area contributed by atoms with Gasteiger partial charge in [-0.15, -0.1) is 0 Å². The van der Waals surface area contributed by atoms with Crippen LogP contribution in [0.3, 0.4) is 0 Å². The lowest BCUT2D eigenvalue weighted by Crippen LogP contribution is -2.38. The first kappa shape index (κ1) is 17.8. The molecule has 1 aliphatic carbocycles. The van der Waals surface area contributed by atoms with Crippen LogP contribution in [-0.4, -0.2) is 31.0 Å². The smallest absolute Gasteiger partial charge is 0.308 e. The van der Waals surface area contributed by atoms with Gasteiger partial charge in [-0.3, -0.25) is 4.79 Å². The molecule has 0 heterocycles. The molecule has 0 unspecified atom stereocenters. The van der Waals surface area contributed by atoms with Gasteiger partial charge in [-0.2, -0.15) is 8.42 Å². The maximum Gasteiger partial charge on any atom is 0.308 e. The zero-order valence-corrected chi connectivity index (χ0v) is 14.8. The summed E-state index contributed by atoms with van der Waals surface area (Å²) in [6.07, 6.45) is 2.84. The van der Waals surface area contributed by atoms with Gasteiger partial charge in [0.25, 0.3) is 0 Å². The minimum Gasteiger partial charge on any atom is -0.382 e. The highest BCUT2D eigenvalue weighted by Gasteiger charge is 2.34. The van der Waals surface area contributed by atoms with E-state index in [1.807, 2.05) is 17.9 Å². The molecule has 1 amide bonds. The molecule has 5 nitrogen and oxygen atoms in total. The van der Waals surface area contributed by atoms with E-state index in [2.05, 4.69) is 6.92 Å². The lowest BCUT2D eigenvalue weighted by atomic mass is 10.1. The van der Waals surface area contributed by atoms with E-state index >= 15 is 0 Å². The number of hydrogen-bond acceptors (Lipinski definition) is 4. The summed E-state index contributed by atoms with van der Waals surface area (Å²) in [5, 5.41) is 0. The summed E-state index contributed by atoms with van der Waals surface area (Å²) in [7, 11) is -3.54. The number of amides is 1. The van der Waals surface area contributed by atoms with E-state index in [1.165, 1.54) is 6.92 Å². The Labute approximate surface area is 138 Å². The van der Waals surface area contributed by atoms with Crippen molar-refractivity contribution >= 4 is 16.0 Å².